The van der Waals surface area contributed by atoms with Gasteiger partial charge in [-0.3, -0.25) is 57.5 Å². The molecule has 28 heteroatoms. The maximum atomic E-state index is 15.4. The molecule has 99 heavy (non-hydrogen) atoms. The molecule has 0 radical (unpaired) electrons. The summed E-state index contributed by atoms with van der Waals surface area (Å²) >= 11 is 6.14. The minimum atomic E-state index is -4.77. The molecule has 3 saturated heterocycles. The Balaban J connectivity index is 1.42. The molecule has 1 aliphatic carbocycles. The van der Waals surface area contributed by atoms with Crippen molar-refractivity contribution < 1.29 is 70.7 Å². The van der Waals surface area contributed by atoms with E-state index in [1.807, 2.05) is 39.0 Å². The van der Waals surface area contributed by atoms with E-state index in [4.69, 9.17) is 11.6 Å². The Hall–Kier alpha value is -7.84. The number of carbonyl (C=O) groups excluding carboxylic acids is 12. The Morgan fingerprint density at radius 1 is 0.616 bits per heavy atom. The van der Waals surface area contributed by atoms with E-state index in [1.165, 1.54) is 79.9 Å². The lowest BCUT2D eigenvalue weighted by Crippen LogP contribution is -2.65. The molecule has 12 amide bonds. The van der Waals surface area contributed by atoms with E-state index in [2.05, 4.69) is 16.0 Å². The number of benzene rings is 2. The third kappa shape index (κ3) is 20.4. The minimum Gasteiger partial charge on any atom is -0.343 e. The molecule has 0 aromatic heterocycles. The first-order valence-electron chi connectivity index (χ1n) is 34.7. The van der Waals surface area contributed by atoms with Crippen LogP contribution in [0.15, 0.2) is 48.5 Å². The average molecular weight is 1410 g/mol. The van der Waals surface area contributed by atoms with Crippen molar-refractivity contribution in [3.8, 4) is 0 Å². The largest absolute Gasteiger partial charge is 0.417 e. The molecule has 2 aromatic rings. The lowest BCUT2D eigenvalue weighted by atomic mass is 9.91. The summed E-state index contributed by atoms with van der Waals surface area (Å²) in [6.45, 7) is 9.67. The molecule has 6 rings (SSSR count). The first-order chi connectivity index (χ1) is 46.5. The van der Waals surface area contributed by atoms with Gasteiger partial charge in [0.1, 0.15) is 47.8 Å². The van der Waals surface area contributed by atoms with Crippen molar-refractivity contribution in [2.24, 2.45) is 17.8 Å². The summed E-state index contributed by atoms with van der Waals surface area (Å²) in [5, 5.41) is 8.03. The Kier molecular flexibility index (Phi) is 28.7. The monoisotopic (exact) mass is 1410 g/mol. The number of carbonyl (C=O) groups is 12. The van der Waals surface area contributed by atoms with Gasteiger partial charge in [-0.05, 0) is 118 Å². The van der Waals surface area contributed by atoms with Crippen LogP contribution in [0.3, 0.4) is 0 Å². The Bertz CT molecular complexity index is 3240. The first kappa shape index (κ1) is 80.1. The number of hydrogen-bond acceptors (Lipinski definition) is 12. The fourth-order valence-electron chi connectivity index (χ4n) is 13.9. The lowest BCUT2D eigenvalue weighted by molar-refractivity contribution is -0.156. The van der Waals surface area contributed by atoms with Crippen molar-refractivity contribution in [1.82, 2.24) is 60.0 Å². The molecule has 4 aliphatic rings. The maximum absolute atomic E-state index is 15.4. The van der Waals surface area contributed by atoms with Crippen LogP contribution in [0.5, 0.6) is 0 Å². The molecular formula is C71H104ClF3N12O12. The van der Waals surface area contributed by atoms with E-state index >= 15 is 14.4 Å². The molecule has 3 N–H and O–H groups in total. The number of aryl methyl sites for hydroxylation is 2. The average Bonchev–Trinajstić information content (AvgIpc) is 1.64. The summed E-state index contributed by atoms with van der Waals surface area (Å²) in [5.41, 5.74) is -1.57. The van der Waals surface area contributed by atoms with Crippen molar-refractivity contribution in [2.45, 2.75) is 198 Å². The van der Waals surface area contributed by atoms with Crippen LogP contribution >= 0.6 is 11.6 Å². The van der Waals surface area contributed by atoms with E-state index in [0.29, 0.717) is 51.6 Å². The molecule has 2 aromatic carbocycles. The number of likely N-dealkylation sites (N-methyl/N-ethyl adjacent to an activating group) is 7. The molecule has 0 bridgehead atoms. The SMILES string of the molecule is CC[C@H](C)[C@@H]1NC(=O)[C@H](CC(C)C)N(C)C(=O)C[C@@H](C(=O)N2CCCCC2)N(C)C(=O)[C@H](C(C)C)N(C)C(=O)C2(CCCC2)NC(=O)C2CCCN2C(=O)[C@H](CCc2ccc(C(F)(F)F)c(Cl)c2)NC(=O)CN(C)C(=O)[C@H](CCc2ccccc2)N(C)C(=O)CN(C)C(=O)CN(C)C1=O. The van der Waals surface area contributed by atoms with Gasteiger partial charge in [-0.25, -0.2) is 0 Å². The number of halogens is 4. The number of amides is 12. The van der Waals surface area contributed by atoms with Gasteiger partial charge >= 0.3 is 6.18 Å². The number of likely N-dealkylation sites (tertiary alicyclic amines) is 1. The Morgan fingerprint density at radius 2 is 1.22 bits per heavy atom. The normalized spacial score (nSPS) is 24.9. The van der Waals surface area contributed by atoms with E-state index in [1.54, 1.807) is 37.8 Å². The van der Waals surface area contributed by atoms with Crippen molar-refractivity contribution in [2.75, 3.05) is 88.6 Å². The summed E-state index contributed by atoms with van der Waals surface area (Å²) in [4.78, 5) is 189. The van der Waals surface area contributed by atoms with Gasteiger partial charge in [0.2, 0.25) is 70.9 Å². The van der Waals surface area contributed by atoms with Crippen molar-refractivity contribution in [1.29, 1.82) is 0 Å². The van der Waals surface area contributed by atoms with Gasteiger partial charge in [0, 0.05) is 69.0 Å². The summed E-state index contributed by atoms with van der Waals surface area (Å²) < 4.78 is 41.5. The van der Waals surface area contributed by atoms with Crippen LogP contribution in [-0.2, 0) is 76.6 Å². The van der Waals surface area contributed by atoms with Crippen LogP contribution in [-0.4, -0.2) is 251 Å². The van der Waals surface area contributed by atoms with E-state index in [-0.39, 0.29) is 69.4 Å². The number of rotatable bonds is 12. The molecular weight excluding hydrogens is 1310 g/mol. The van der Waals surface area contributed by atoms with Crippen LogP contribution in [0.1, 0.15) is 148 Å². The lowest BCUT2D eigenvalue weighted by Gasteiger charge is -2.42. The molecule has 24 nitrogen and oxygen atoms in total. The topological polar surface area (TPSA) is 270 Å². The highest BCUT2D eigenvalue weighted by Gasteiger charge is 2.51. The highest BCUT2D eigenvalue weighted by molar-refractivity contribution is 6.31. The van der Waals surface area contributed by atoms with Gasteiger partial charge in [-0.2, -0.15) is 13.2 Å². The number of hydrogen-bond donors (Lipinski definition) is 3. The molecule has 3 aliphatic heterocycles. The second-order valence-electron chi connectivity index (χ2n) is 28.3. The summed E-state index contributed by atoms with van der Waals surface area (Å²) in [5.74, 6) is -9.45. The zero-order chi connectivity index (χ0) is 73.5. The van der Waals surface area contributed by atoms with E-state index in [0.717, 1.165) is 38.8 Å². The second kappa shape index (κ2) is 35.5. The van der Waals surface area contributed by atoms with E-state index < -0.39 is 173 Å². The van der Waals surface area contributed by atoms with Crippen LogP contribution in [0.2, 0.25) is 5.02 Å². The highest BCUT2D eigenvalue weighted by atomic mass is 35.5. The van der Waals surface area contributed by atoms with Crippen LogP contribution in [0.4, 0.5) is 13.2 Å². The highest BCUT2D eigenvalue weighted by Crippen LogP contribution is 2.37. The molecule has 1 unspecified atom stereocenters. The molecule has 4 fully saturated rings. The molecule has 1 saturated carbocycles. The number of nitrogens with zero attached hydrogens (tertiary/aromatic N) is 9. The van der Waals surface area contributed by atoms with Crippen LogP contribution in [0, 0.1) is 17.8 Å². The number of nitrogens with one attached hydrogen (secondary N) is 3. The quantitative estimate of drug-likeness (QED) is 0.249. The standard InChI is InChI=1S/C71H104ClF3N12O12/c1-14-46(6)60-67(97)81(9)42-58(90)79(7)43-59(91)82(10)53(32-29-47-24-17-15-18-25-47)65(95)80(8)41-56(88)76-51(31-28-48-27-30-49(50(72)39-48)71(73,74)75)64(94)87-37-23-26-52(87)63(93)78-70(33-19-20-34-70)69(99)85(13)61(45(4)5)68(98)84(12)55(66(96)86-35-21-16-22-36-86)40-57(89)83(11)54(38-44(2)3)62(92)77-60/h15,17-18,24-25,27,30,39,44-46,51-55,60-61H,14,16,19-23,26,28-29,31-38,40-43H2,1-13H3,(H,76,88)(H,77,92)(H,78,93)/t46-,51-,52?,53-,54-,55-,60-,61-/m0/s1. The van der Waals surface area contributed by atoms with Crippen LogP contribution in [0.25, 0.3) is 0 Å². The van der Waals surface area contributed by atoms with Crippen molar-refractivity contribution >= 4 is 82.5 Å². The second-order valence-corrected chi connectivity index (χ2v) is 28.7. The summed E-state index contributed by atoms with van der Waals surface area (Å²) in [6.07, 6.45) is -0.896. The van der Waals surface area contributed by atoms with Gasteiger partial charge in [0.25, 0.3) is 0 Å². The Morgan fingerprint density at radius 3 is 1.82 bits per heavy atom. The van der Waals surface area contributed by atoms with Crippen molar-refractivity contribution in [3.05, 3.63) is 70.2 Å². The Labute approximate surface area is 585 Å². The predicted octanol–water partition coefficient (Wildman–Crippen LogP) is 5.16. The number of alkyl halides is 3. The zero-order valence-electron chi connectivity index (χ0n) is 59.9. The van der Waals surface area contributed by atoms with Gasteiger partial charge in [0.15, 0.2) is 0 Å². The summed E-state index contributed by atoms with van der Waals surface area (Å²) in [6, 6.07) is 3.23. The molecule has 8 atom stereocenters. The van der Waals surface area contributed by atoms with Gasteiger partial charge in [0.05, 0.1) is 36.6 Å². The van der Waals surface area contributed by atoms with Gasteiger partial charge in [-0.15, -0.1) is 0 Å². The third-order valence-electron chi connectivity index (χ3n) is 20.2. The molecule has 3 heterocycles. The van der Waals surface area contributed by atoms with Gasteiger partial charge in [-0.1, -0.05) is 109 Å². The molecule has 548 valence electrons. The zero-order valence-corrected chi connectivity index (χ0v) is 60.6. The van der Waals surface area contributed by atoms with Gasteiger partial charge < -0.3 is 60.0 Å². The number of piperidine rings is 1. The fraction of sp³-hybridized carbons (Fsp3) is 0.662. The fourth-order valence-corrected chi connectivity index (χ4v) is 14.2. The smallest absolute Gasteiger partial charge is 0.343 e. The molecule has 1 spiro atoms. The number of fused-ring (bicyclic) bond motifs is 1. The van der Waals surface area contributed by atoms with Crippen LogP contribution < -0.4 is 16.0 Å². The third-order valence-corrected chi connectivity index (χ3v) is 20.5. The van der Waals surface area contributed by atoms with E-state index in [9.17, 15) is 56.3 Å². The van der Waals surface area contributed by atoms with Crippen molar-refractivity contribution in [3.63, 3.8) is 0 Å². The minimum absolute atomic E-state index is 0.0177. The maximum Gasteiger partial charge on any atom is 0.417 e. The first-order valence-corrected chi connectivity index (χ1v) is 35.1. The predicted molar refractivity (Wildman–Crippen MR) is 365 cm³/mol. The summed E-state index contributed by atoms with van der Waals surface area (Å²) in [7, 11) is 9.70.